The first kappa shape index (κ1) is 18.6. The van der Waals surface area contributed by atoms with Crippen LogP contribution in [-0.4, -0.2) is 47.6 Å². The lowest BCUT2D eigenvalue weighted by molar-refractivity contribution is -0.312. The third-order valence-electron chi connectivity index (χ3n) is 2.59. The SMILES string of the molecule is CN(C(=O)OC(C)(C)C)C(C)(C=O)C(F)(F)C(F)(F)F. The van der Waals surface area contributed by atoms with Crippen molar-refractivity contribution in [2.75, 3.05) is 7.05 Å². The fourth-order valence-corrected chi connectivity index (χ4v) is 1.17. The van der Waals surface area contributed by atoms with E-state index < -0.39 is 35.6 Å². The van der Waals surface area contributed by atoms with Crippen LogP contribution in [0.25, 0.3) is 0 Å². The molecular weight excluding hydrogens is 289 g/mol. The Kier molecular flexibility index (Phi) is 4.81. The van der Waals surface area contributed by atoms with Gasteiger partial charge in [-0.15, -0.1) is 0 Å². The van der Waals surface area contributed by atoms with Gasteiger partial charge in [0.2, 0.25) is 0 Å². The van der Waals surface area contributed by atoms with Crippen molar-refractivity contribution in [3.63, 3.8) is 0 Å². The predicted octanol–water partition coefficient (Wildman–Crippen LogP) is 3.01. The summed E-state index contributed by atoms with van der Waals surface area (Å²) in [6.45, 7) is 4.52. The molecule has 0 aromatic heterocycles. The number of ether oxygens (including phenoxy) is 1. The van der Waals surface area contributed by atoms with E-state index in [0.29, 0.717) is 14.0 Å². The smallest absolute Gasteiger partial charge is 0.444 e. The molecule has 0 bridgehead atoms. The summed E-state index contributed by atoms with van der Waals surface area (Å²) >= 11 is 0. The van der Waals surface area contributed by atoms with Crippen molar-refractivity contribution in [2.24, 2.45) is 0 Å². The topological polar surface area (TPSA) is 46.6 Å². The van der Waals surface area contributed by atoms with Crippen LogP contribution in [0.1, 0.15) is 27.7 Å². The van der Waals surface area contributed by atoms with Crippen LogP contribution < -0.4 is 0 Å². The second-order valence-corrected chi connectivity index (χ2v) is 5.38. The summed E-state index contributed by atoms with van der Waals surface area (Å²) in [4.78, 5) is 22.3. The van der Waals surface area contributed by atoms with Gasteiger partial charge in [0.05, 0.1) is 0 Å². The van der Waals surface area contributed by atoms with Crippen LogP contribution in [0.2, 0.25) is 0 Å². The van der Waals surface area contributed by atoms with Crippen LogP contribution in [-0.2, 0) is 9.53 Å². The fraction of sp³-hybridized carbons (Fsp3) is 0.818. The average molecular weight is 305 g/mol. The van der Waals surface area contributed by atoms with E-state index in [1.165, 1.54) is 20.8 Å². The van der Waals surface area contributed by atoms with Crippen molar-refractivity contribution in [3.8, 4) is 0 Å². The molecule has 118 valence electrons. The highest BCUT2D eigenvalue weighted by Crippen LogP contribution is 2.45. The maximum absolute atomic E-state index is 13.4. The highest BCUT2D eigenvalue weighted by molar-refractivity contribution is 5.77. The van der Waals surface area contributed by atoms with Gasteiger partial charge in [0.25, 0.3) is 0 Å². The summed E-state index contributed by atoms with van der Waals surface area (Å²) in [5.74, 6) is -5.42. The maximum atomic E-state index is 13.4. The zero-order valence-electron chi connectivity index (χ0n) is 11.6. The molecule has 0 radical (unpaired) electrons. The number of halogens is 5. The molecule has 9 heteroatoms. The van der Waals surface area contributed by atoms with E-state index in [9.17, 15) is 31.5 Å². The van der Waals surface area contributed by atoms with Crippen LogP contribution in [0, 0.1) is 0 Å². The molecule has 0 aliphatic carbocycles. The molecule has 0 aliphatic rings. The Morgan fingerprint density at radius 3 is 1.70 bits per heavy atom. The molecule has 0 aliphatic heterocycles. The summed E-state index contributed by atoms with van der Waals surface area (Å²) in [6.07, 6.45) is -8.07. The first-order valence-electron chi connectivity index (χ1n) is 5.48. The summed E-state index contributed by atoms with van der Waals surface area (Å²) in [7, 11) is 0.641. The third-order valence-corrected chi connectivity index (χ3v) is 2.59. The summed E-state index contributed by atoms with van der Waals surface area (Å²) in [5.41, 5.74) is -4.52. The molecule has 1 unspecified atom stereocenters. The molecule has 0 aromatic carbocycles. The van der Waals surface area contributed by atoms with Crippen LogP contribution in [0.3, 0.4) is 0 Å². The molecule has 0 saturated carbocycles. The van der Waals surface area contributed by atoms with E-state index in [1.807, 2.05) is 0 Å². The van der Waals surface area contributed by atoms with Gasteiger partial charge in [-0.3, -0.25) is 4.90 Å². The molecule has 0 fully saturated rings. The summed E-state index contributed by atoms with van der Waals surface area (Å²) in [5, 5.41) is 0. The van der Waals surface area contributed by atoms with Gasteiger partial charge in [0.1, 0.15) is 5.60 Å². The van der Waals surface area contributed by atoms with E-state index in [1.54, 1.807) is 0 Å². The number of carbonyl (C=O) groups is 2. The normalized spacial score (nSPS) is 16.3. The first-order chi connectivity index (χ1) is 8.60. The standard InChI is InChI=1S/C11H16F5NO3/c1-8(2,3)20-7(19)17(5)9(4,6-18)10(12,13)11(14,15)16/h6H,1-5H3. The average Bonchev–Trinajstić information content (AvgIpc) is 2.22. The molecule has 1 atom stereocenters. The van der Waals surface area contributed by atoms with Crippen LogP contribution >= 0.6 is 0 Å². The number of amides is 1. The van der Waals surface area contributed by atoms with E-state index in [0.717, 1.165) is 0 Å². The number of carbonyl (C=O) groups excluding carboxylic acids is 2. The number of hydrogen-bond donors (Lipinski definition) is 0. The molecule has 0 rings (SSSR count). The molecule has 0 spiro atoms. The van der Waals surface area contributed by atoms with Crippen molar-refractivity contribution in [1.29, 1.82) is 0 Å². The number of alkyl halides is 5. The quantitative estimate of drug-likeness (QED) is 0.595. The van der Waals surface area contributed by atoms with Gasteiger partial charge in [-0.2, -0.15) is 22.0 Å². The molecule has 1 amide bonds. The maximum Gasteiger partial charge on any atom is 0.456 e. The Morgan fingerprint density at radius 1 is 1.05 bits per heavy atom. The minimum Gasteiger partial charge on any atom is -0.444 e. The van der Waals surface area contributed by atoms with E-state index in [-0.39, 0.29) is 4.90 Å². The highest BCUT2D eigenvalue weighted by Gasteiger charge is 2.71. The zero-order chi connectivity index (χ0) is 16.6. The number of likely N-dealkylation sites (N-methyl/N-ethyl adjacent to an activating group) is 1. The summed E-state index contributed by atoms with van der Waals surface area (Å²) < 4.78 is 68.7. The number of aldehydes is 1. The lowest BCUT2D eigenvalue weighted by Gasteiger charge is -2.40. The molecular formula is C11H16F5NO3. The summed E-state index contributed by atoms with van der Waals surface area (Å²) in [6, 6.07) is 0. The lowest BCUT2D eigenvalue weighted by atomic mass is 9.93. The van der Waals surface area contributed by atoms with Gasteiger partial charge in [0, 0.05) is 7.05 Å². The van der Waals surface area contributed by atoms with E-state index >= 15 is 0 Å². The van der Waals surface area contributed by atoms with Crippen LogP contribution in [0.15, 0.2) is 0 Å². The first-order valence-corrected chi connectivity index (χ1v) is 5.48. The largest absolute Gasteiger partial charge is 0.456 e. The lowest BCUT2D eigenvalue weighted by Crippen LogP contribution is -2.66. The third kappa shape index (κ3) is 3.37. The van der Waals surface area contributed by atoms with Crippen molar-refractivity contribution < 1.29 is 36.3 Å². The van der Waals surface area contributed by atoms with Crippen molar-refractivity contribution >= 4 is 12.4 Å². The van der Waals surface area contributed by atoms with Crippen molar-refractivity contribution in [3.05, 3.63) is 0 Å². The van der Waals surface area contributed by atoms with Crippen molar-refractivity contribution in [1.82, 2.24) is 4.90 Å². The second kappa shape index (κ2) is 5.17. The van der Waals surface area contributed by atoms with Crippen LogP contribution in [0.5, 0.6) is 0 Å². The Hall–Kier alpha value is -1.41. The van der Waals surface area contributed by atoms with Gasteiger partial charge in [-0.1, -0.05) is 0 Å². The molecule has 4 nitrogen and oxygen atoms in total. The van der Waals surface area contributed by atoms with Crippen molar-refractivity contribution in [2.45, 2.75) is 50.9 Å². The molecule has 0 N–H and O–H groups in total. The monoisotopic (exact) mass is 305 g/mol. The molecule has 0 heterocycles. The minimum atomic E-state index is -5.99. The minimum absolute atomic E-state index is 0.0568. The zero-order valence-corrected chi connectivity index (χ0v) is 11.6. The number of nitrogens with zero attached hydrogens (tertiary/aromatic N) is 1. The second-order valence-electron chi connectivity index (χ2n) is 5.38. The van der Waals surface area contributed by atoms with Gasteiger partial charge in [-0.25, -0.2) is 4.79 Å². The Balaban J connectivity index is 5.56. The van der Waals surface area contributed by atoms with Gasteiger partial charge in [0.15, 0.2) is 11.8 Å². The number of rotatable bonds is 3. The molecule has 0 saturated heterocycles. The van der Waals surface area contributed by atoms with E-state index in [4.69, 9.17) is 0 Å². The Labute approximate surface area is 112 Å². The fourth-order valence-electron chi connectivity index (χ4n) is 1.17. The molecule has 20 heavy (non-hydrogen) atoms. The number of hydrogen-bond acceptors (Lipinski definition) is 3. The van der Waals surface area contributed by atoms with Gasteiger partial charge >= 0.3 is 18.2 Å². The van der Waals surface area contributed by atoms with Gasteiger partial charge < -0.3 is 9.53 Å². The van der Waals surface area contributed by atoms with E-state index in [2.05, 4.69) is 4.74 Å². The highest BCUT2D eigenvalue weighted by atomic mass is 19.4. The predicted molar refractivity (Wildman–Crippen MR) is 59.5 cm³/mol. The molecule has 0 aromatic rings. The Morgan fingerprint density at radius 2 is 1.45 bits per heavy atom. The van der Waals surface area contributed by atoms with Gasteiger partial charge in [-0.05, 0) is 27.7 Å². The van der Waals surface area contributed by atoms with Crippen LogP contribution in [0.4, 0.5) is 26.7 Å². The Bertz CT molecular complexity index is 389.